The Morgan fingerprint density at radius 2 is 2.06 bits per heavy atom. The average Bonchev–Trinajstić information content (AvgIpc) is 2.39. The Balaban J connectivity index is 2.45. The number of carbonyl (C=O) groups excluding carboxylic acids is 1. The van der Waals surface area contributed by atoms with Gasteiger partial charge in [-0.3, -0.25) is 4.79 Å². The third-order valence-corrected chi connectivity index (χ3v) is 3.81. The molecule has 4 heteroatoms. The third-order valence-electron chi connectivity index (χ3n) is 3.14. The van der Waals surface area contributed by atoms with E-state index in [9.17, 15) is 4.79 Å². The first kappa shape index (κ1) is 12.6. The molecular formula is C13H17BrN2O. The molecule has 0 aromatic heterocycles. The van der Waals surface area contributed by atoms with Crippen LogP contribution in [0.3, 0.4) is 0 Å². The molecule has 0 radical (unpaired) electrons. The Morgan fingerprint density at radius 3 is 2.76 bits per heavy atom. The second-order valence-corrected chi connectivity index (χ2v) is 5.77. The molecule has 2 rings (SSSR count). The van der Waals surface area contributed by atoms with E-state index in [4.69, 9.17) is 0 Å². The van der Waals surface area contributed by atoms with Crippen LogP contribution in [0.1, 0.15) is 20.3 Å². The predicted molar refractivity (Wildman–Crippen MR) is 73.2 cm³/mol. The Kier molecular flexibility index (Phi) is 3.54. The van der Waals surface area contributed by atoms with Crippen molar-refractivity contribution in [3.63, 3.8) is 0 Å². The lowest BCUT2D eigenvalue weighted by molar-refractivity contribution is -0.118. The smallest absolute Gasteiger partial charge is 0.241 e. The zero-order valence-corrected chi connectivity index (χ0v) is 11.8. The highest BCUT2D eigenvalue weighted by atomic mass is 79.9. The molecule has 1 aromatic rings. The van der Waals surface area contributed by atoms with Crippen LogP contribution in [0, 0.1) is 0 Å². The van der Waals surface area contributed by atoms with Gasteiger partial charge in [-0.05, 0) is 54.9 Å². The summed E-state index contributed by atoms with van der Waals surface area (Å²) in [5.41, 5.74) is 0.788. The normalized spacial score (nSPS) is 20.2. The van der Waals surface area contributed by atoms with Crippen LogP contribution < -0.4 is 10.2 Å². The lowest BCUT2D eigenvalue weighted by Crippen LogP contribution is -2.48. The Labute approximate surface area is 110 Å². The minimum atomic E-state index is -0.162. The molecule has 1 aliphatic rings. The number of nitrogens with zero attached hydrogens (tertiary/aromatic N) is 1. The first-order valence-electron chi connectivity index (χ1n) is 5.81. The number of hydrogen-bond acceptors (Lipinski definition) is 2. The first-order chi connectivity index (χ1) is 8.02. The molecule has 0 spiro atoms. The third kappa shape index (κ3) is 2.53. The van der Waals surface area contributed by atoms with Crippen molar-refractivity contribution in [2.24, 2.45) is 0 Å². The van der Waals surface area contributed by atoms with Crippen LogP contribution in [-0.4, -0.2) is 24.5 Å². The molecule has 1 amide bonds. The number of carbonyl (C=O) groups is 1. The van der Waals surface area contributed by atoms with Gasteiger partial charge in [-0.1, -0.05) is 12.1 Å². The summed E-state index contributed by atoms with van der Waals surface area (Å²) in [6, 6.07) is 7.87. The van der Waals surface area contributed by atoms with Crippen LogP contribution in [0.5, 0.6) is 0 Å². The van der Waals surface area contributed by atoms with Crippen LogP contribution in [-0.2, 0) is 4.79 Å². The van der Waals surface area contributed by atoms with E-state index in [1.165, 1.54) is 0 Å². The monoisotopic (exact) mass is 296 g/mol. The number of nitrogens with one attached hydrogen (secondary N) is 1. The molecule has 1 fully saturated rings. The minimum Gasteiger partial charge on any atom is -0.308 e. The van der Waals surface area contributed by atoms with E-state index in [1.54, 1.807) is 0 Å². The van der Waals surface area contributed by atoms with E-state index in [0.717, 1.165) is 23.1 Å². The van der Waals surface area contributed by atoms with Crippen molar-refractivity contribution in [1.82, 2.24) is 5.32 Å². The van der Waals surface area contributed by atoms with Crippen LogP contribution in [0.15, 0.2) is 28.7 Å². The summed E-state index contributed by atoms with van der Waals surface area (Å²) in [6.07, 6.45) is 0.945. The number of rotatable bonds is 1. The molecule has 92 valence electrons. The minimum absolute atomic E-state index is 0.124. The zero-order chi connectivity index (χ0) is 12.5. The first-order valence-corrected chi connectivity index (χ1v) is 6.60. The highest BCUT2D eigenvalue weighted by Crippen LogP contribution is 2.33. The van der Waals surface area contributed by atoms with E-state index in [1.807, 2.05) is 29.2 Å². The molecule has 1 saturated heterocycles. The quantitative estimate of drug-likeness (QED) is 0.864. The summed E-state index contributed by atoms with van der Waals surface area (Å²) in [6.45, 7) is 5.50. The molecule has 0 unspecified atom stereocenters. The number of hydrogen-bond donors (Lipinski definition) is 1. The van der Waals surface area contributed by atoms with Crippen molar-refractivity contribution in [2.45, 2.75) is 25.8 Å². The molecule has 1 heterocycles. The van der Waals surface area contributed by atoms with Gasteiger partial charge in [0.25, 0.3) is 0 Å². The largest absolute Gasteiger partial charge is 0.308 e. The fraction of sp³-hybridized carbons (Fsp3) is 0.462. The van der Waals surface area contributed by atoms with Gasteiger partial charge >= 0.3 is 0 Å². The number of benzene rings is 1. The second-order valence-electron chi connectivity index (χ2n) is 4.92. The lowest BCUT2D eigenvalue weighted by Gasteiger charge is -2.37. The zero-order valence-electron chi connectivity index (χ0n) is 10.2. The molecular weight excluding hydrogens is 280 g/mol. The van der Waals surface area contributed by atoms with Gasteiger partial charge in [0.1, 0.15) is 0 Å². The van der Waals surface area contributed by atoms with E-state index < -0.39 is 0 Å². The van der Waals surface area contributed by atoms with Gasteiger partial charge in [-0.2, -0.15) is 0 Å². The fourth-order valence-corrected chi connectivity index (χ4v) is 2.67. The van der Waals surface area contributed by atoms with E-state index in [2.05, 4.69) is 35.1 Å². The second kappa shape index (κ2) is 4.78. The van der Waals surface area contributed by atoms with E-state index in [-0.39, 0.29) is 11.4 Å². The van der Waals surface area contributed by atoms with Gasteiger partial charge in [-0.25, -0.2) is 0 Å². The van der Waals surface area contributed by atoms with Crippen molar-refractivity contribution in [3.8, 4) is 0 Å². The summed E-state index contributed by atoms with van der Waals surface area (Å²) in [7, 11) is 0. The Hall–Kier alpha value is -0.870. The van der Waals surface area contributed by atoms with Crippen LogP contribution in [0.25, 0.3) is 0 Å². The molecule has 0 atom stereocenters. The summed E-state index contributed by atoms with van der Waals surface area (Å²) >= 11 is 3.52. The highest BCUT2D eigenvalue weighted by molar-refractivity contribution is 9.10. The van der Waals surface area contributed by atoms with E-state index >= 15 is 0 Å². The van der Waals surface area contributed by atoms with Crippen LogP contribution in [0.4, 0.5) is 5.69 Å². The number of halogens is 1. The summed E-state index contributed by atoms with van der Waals surface area (Å²) < 4.78 is 0.961. The van der Waals surface area contributed by atoms with Gasteiger partial charge in [0.15, 0.2) is 0 Å². The maximum Gasteiger partial charge on any atom is 0.241 e. The topological polar surface area (TPSA) is 32.3 Å². The highest BCUT2D eigenvalue weighted by Gasteiger charge is 2.34. The molecule has 1 aromatic carbocycles. The van der Waals surface area contributed by atoms with Crippen molar-refractivity contribution < 1.29 is 4.79 Å². The van der Waals surface area contributed by atoms with Gasteiger partial charge in [-0.15, -0.1) is 0 Å². The molecule has 17 heavy (non-hydrogen) atoms. The number of amides is 1. The van der Waals surface area contributed by atoms with Crippen molar-refractivity contribution >= 4 is 27.5 Å². The van der Waals surface area contributed by atoms with Crippen molar-refractivity contribution in [3.05, 3.63) is 28.7 Å². The maximum absolute atomic E-state index is 12.2. The van der Waals surface area contributed by atoms with Crippen molar-refractivity contribution in [2.75, 3.05) is 18.0 Å². The molecule has 3 nitrogen and oxygen atoms in total. The average molecular weight is 297 g/mol. The van der Waals surface area contributed by atoms with Gasteiger partial charge in [0.2, 0.25) is 5.91 Å². The Bertz CT molecular complexity index is 431. The van der Waals surface area contributed by atoms with Gasteiger partial charge < -0.3 is 10.2 Å². The Morgan fingerprint density at radius 1 is 1.35 bits per heavy atom. The number of para-hydroxylation sites is 1. The standard InChI is InChI=1S/C13H17BrN2O/c1-13(2)7-8-15-9-12(17)16(13)11-6-4-3-5-10(11)14/h3-6,15H,7-9H2,1-2H3. The van der Waals surface area contributed by atoms with Crippen LogP contribution in [0.2, 0.25) is 0 Å². The number of anilines is 1. The summed E-state index contributed by atoms with van der Waals surface area (Å²) in [5.74, 6) is 0.124. The molecule has 0 aliphatic carbocycles. The molecule has 0 saturated carbocycles. The van der Waals surface area contributed by atoms with Crippen LogP contribution >= 0.6 is 15.9 Å². The fourth-order valence-electron chi connectivity index (χ4n) is 2.21. The summed E-state index contributed by atoms with van der Waals surface area (Å²) in [4.78, 5) is 14.1. The van der Waals surface area contributed by atoms with Gasteiger partial charge in [0, 0.05) is 10.0 Å². The predicted octanol–water partition coefficient (Wildman–Crippen LogP) is 2.55. The van der Waals surface area contributed by atoms with E-state index in [0.29, 0.717) is 6.54 Å². The molecule has 1 aliphatic heterocycles. The lowest BCUT2D eigenvalue weighted by atomic mass is 9.97. The maximum atomic E-state index is 12.2. The summed E-state index contributed by atoms with van der Waals surface area (Å²) in [5, 5.41) is 3.17. The molecule has 1 N–H and O–H groups in total. The molecule has 0 bridgehead atoms. The van der Waals surface area contributed by atoms with Crippen molar-refractivity contribution in [1.29, 1.82) is 0 Å². The SMILES string of the molecule is CC1(C)CCNCC(=O)N1c1ccccc1Br. The van der Waals surface area contributed by atoms with Gasteiger partial charge in [0.05, 0.1) is 12.2 Å².